The molecule has 2 rings (SSSR count). The first-order valence-corrected chi connectivity index (χ1v) is 7.62. The summed E-state index contributed by atoms with van der Waals surface area (Å²) in [4.78, 5) is 11.8. The number of nitrogens with one attached hydrogen (secondary N) is 2. The fourth-order valence-electron chi connectivity index (χ4n) is 3.31. The van der Waals surface area contributed by atoms with Crippen molar-refractivity contribution < 1.29 is 23.1 Å². The summed E-state index contributed by atoms with van der Waals surface area (Å²) in [6.07, 6.45) is 0.147. The Morgan fingerprint density at radius 2 is 1.86 bits per heavy atom. The molecule has 2 aliphatic rings. The molecule has 4 nitrogen and oxygen atoms in total. The lowest BCUT2D eigenvalue weighted by Gasteiger charge is -2.31. The molecule has 2 fully saturated rings. The summed E-state index contributed by atoms with van der Waals surface area (Å²) in [7, 11) is 0. The summed E-state index contributed by atoms with van der Waals surface area (Å²) in [6.45, 7) is 0.161. The van der Waals surface area contributed by atoms with Crippen molar-refractivity contribution in [2.75, 3.05) is 6.54 Å². The fourth-order valence-corrected chi connectivity index (χ4v) is 3.31. The molecule has 7 heteroatoms. The monoisotopic (exact) mass is 308 g/mol. The van der Waals surface area contributed by atoms with Crippen molar-refractivity contribution in [3.63, 3.8) is 0 Å². The van der Waals surface area contributed by atoms with Crippen LogP contribution >= 0.6 is 0 Å². The summed E-state index contributed by atoms with van der Waals surface area (Å²) in [5.74, 6) is -1.32. The highest BCUT2D eigenvalue weighted by atomic mass is 19.4. The minimum Gasteiger partial charge on any atom is -0.388 e. The molecular formula is C14H23F3N2O2. The van der Waals surface area contributed by atoms with Gasteiger partial charge in [0, 0.05) is 12.6 Å². The quantitative estimate of drug-likeness (QED) is 0.751. The minimum absolute atomic E-state index is 0.0544. The van der Waals surface area contributed by atoms with Gasteiger partial charge in [0.25, 0.3) is 0 Å². The van der Waals surface area contributed by atoms with Gasteiger partial charge in [-0.25, -0.2) is 4.79 Å². The van der Waals surface area contributed by atoms with Gasteiger partial charge in [0.05, 0.1) is 11.5 Å². The molecule has 2 aliphatic carbocycles. The zero-order valence-corrected chi connectivity index (χ0v) is 12.0. The largest absolute Gasteiger partial charge is 0.391 e. The van der Waals surface area contributed by atoms with E-state index in [4.69, 9.17) is 0 Å². The molecule has 0 heterocycles. The van der Waals surface area contributed by atoms with E-state index in [1.54, 1.807) is 0 Å². The third-order valence-corrected chi connectivity index (χ3v) is 4.58. The summed E-state index contributed by atoms with van der Waals surface area (Å²) in [6, 6.07) is -0.924. The fraction of sp³-hybridized carbons (Fsp3) is 0.929. The Balaban J connectivity index is 1.74. The SMILES string of the molecule is O=C(NCC1(O)CCCC1)NC1CCCC(C(F)(F)F)C1. The molecule has 0 aromatic heterocycles. The highest BCUT2D eigenvalue weighted by Crippen LogP contribution is 2.37. The van der Waals surface area contributed by atoms with Gasteiger partial charge >= 0.3 is 12.2 Å². The molecule has 2 atom stereocenters. The van der Waals surface area contributed by atoms with E-state index in [9.17, 15) is 23.1 Å². The van der Waals surface area contributed by atoms with Crippen molar-refractivity contribution in [3.05, 3.63) is 0 Å². The van der Waals surface area contributed by atoms with Gasteiger partial charge in [-0.2, -0.15) is 13.2 Å². The number of alkyl halides is 3. The summed E-state index contributed by atoms with van der Waals surface area (Å²) in [5, 5.41) is 15.3. The third kappa shape index (κ3) is 4.76. The van der Waals surface area contributed by atoms with Crippen LogP contribution in [0.3, 0.4) is 0 Å². The lowest BCUT2D eigenvalue weighted by atomic mass is 9.85. The molecule has 3 N–H and O–H groups in total. The number of hydrogen-bond donors (Lipinski definition) is 3. The van der Waals surface area contributed by atoms with E-state index in [0.29, 0.717) is 25.7 Å². The van der Waals surface area contributed by atoms with Crippen LogP contribution in [0.5, 0.6) is 0 Å². The van der Waals surface area contributed by atoms with Gasteiger partial charge in [-0.15, -0.1) is 0 Å². The Hall–Kier alpha value is -0.980. The van der Waals surface area contributed by atoms with E-state index in [1.807, 2.05) is 0 Å². The van der Waals surface area contributed by atoms with Crippen LogP contribution in [0, 0.1) is 5.92 Å². The number of halogens is 3. The second-order valence-electron chi connectivity index (χ2n) is 6.36. The van der Waals surface area contributed by atoms with Crippen LogP contribution in [0.1, 0.15) is 51.4 Å². The number of carbonyl (C=O) groups is 1. The maximum atomic E-state index is 12.7. The first kappa shape index (κ1) is 16.4. The zero-order chi connectivity index (χ0) is 15.5. The molecule has 0 bridgehead atoms. The maximum Gasteiger partial charge on any atom is 0.391 e. The molecule has 0 aromatic rings. The van der Waals surface area contributed by atoms with E-state index < -0.39 is 29.8 Å². The van der Waals surface area contributed by atoms with Gasteiger partial charge < -0.3 is 15.7 Å². The summed E-state index contributed by atoms with van der Waals surface area (Å²) >= 11 is 0. The van der Waals surface area contributed by atoms with E-state index in [1.165, 1.54) is 0 Å². The first-order chi connectivity index (χ1) is 9.78. The molecular weight excluding hydrogens is 285 g/mol. The van der Waals surface area contributed by atoms with Crippen molar-refractivity contribution in [3.8, 4) is 0 Å². The van der Waals surface area contributed by atoms with E-state index in [2.05, 4.69) is 10.6 Å². The van der Waals surface area contributed by atoms with Crippen molar-refractivity contribution in [2.45, 2.75) is 69.2 Å². The lowest BCUT2D eigenvalue weighted by Crippen LogP contribution is -2.49. The van der Waals surface area contributed by atoms with Crippen LogP contribution in [0.2, 0.25) is 0 Å². The average Bonchev–Trinajstić information content (AvgIpc) is 2.83. The maximum absolute atomic E-state index is 12.7. The number of carbonyl (C=O) groups excluding carboxylic acids is 1. The summed E-state index contributed by atoms with van der Waals surface area (Å²) < 4.78 is 38.1. The Kier molecular flexibility index (Phi) is 5.01. The number of urea groups is 1. The minimum atomic E-state index is -4.18. The Morgan fingerprint density at radius 1 is 1.19 bits per heavy atom. The van der Waals surface area contributed by atoms with Crippen molar-refractivity contribution >= 4 is 6.03 Å². The predicted molar refractivity (Wildman–Crippen MR) is 71.8 cm³/mol. The van der Waals surface area contributed by atoms with Crippen LogP contribution in [-0.4, -0.2) is 35.5 Å². The first-order valence-electron chi connectivity index (χ1n) is 7.62. The number of rotatable bonds is 3. The molecule has 0 spiro atoms. The number of amides is 2. The molecule has 2 amide bonds. The van der Waals surface area contributed by atoms with Crippen LogP contribution in [0.4, 0.5) is 18.0 Å². The topological polar surface area (TPSA) is 61.4 Å². The Bertz CT molecular complexity index is 368. The lowest BCUT2D eigenvalue weighted by molar-refractivity contribution is -0.183. The molecule has 0 aliphatic heterocycles. The standard InChI is InChI=1S/C14H23F3N2O2/c15-14(16,17)10-4-3-5-11(8-10)19-12(20)18-9-13(21)6-1-2-7-13/h10-11,21H,1-9H2,(H2,18,19,20). The highest BCUT2D eigenvalue weighted by Gasteiger charge is 2.42. The second kappa shape index (κ2) is 6.42. The van der Waals surface area contributed by atoms with Crippen molar-refractivity contribution in [1.29, 1.82) is 0 Å². The van der Waals surface area contributed by atoms with Gasteiger partial charge in [0.1, 0.15) is 0 Å². The van der Waals surface area contributed by atoms with Crippen molar-refractivity contribution in [2.24, 2.45) is 5.92 Å². The molecule has 21 heavy (non-hydrogen) atoms. The van der Waals surface area contributed by atoms with Gasteiger partial charge in [-0.3, -0.25) is 0 Å². The third-order valence-electron chi connectivity index (χ3n) is 4.58. The Morgan fingerprint density at radius 3 is 2.48 bits per heavy atom. The van der Waals surface area contributed by atoms with Crippen LogP contribution in [0.25, 0.3) is 0 Å². The van der Waals surface area contributed by atoms with Gasteiger partial charge in [0.2, 0.25) is 0 Å². The van der Waals surface area contributed by atoms with Crippen molar-refractivity contribution in [1.82, 2.24) is 10.6 Å². The molecule has 122 valence electrons. The molecule has 0 radical (unpaired) electrons. The summed E-state index contributed by atoms with van der Waals surface area (Å²) in [5.41, 5.74) is -0.849. The normalized spacial score (nSPS) is 29.1. The number of hydrogen-bond acceptors (Lipinski definition) is 2. The average molecular weight is 308 g/mol. The molecule has 2 unspecified atom stereocenters. The Labute approximate surface area is 122 Å². The van der Waals surface area contributed by atoms with Gasteiger partial charge in [-0.1, -0.05) is 19.3 Å². The van der Waals surface area contributed by atoms with Crippen LogP contribution < -0.4 is 10.6 Å². The van der Waals surface area contributed by atoms with Gasteiger partial charge in [-0.05, 0) is 32.1 Å². The van der Waals surface area contributed by atoms with E-state index in [-0.39, 0.29) is 19.4 Å². The van der Waals surface area contributed by atoms with Gasteiger partial charge in [0.15, 0.2) is 0 Å². The smallest absolute Gasteiger partial charge is 0.388 e. The highest BCUT2D eigenvalue weighted by molar-refractivity contribution is 5.74. The second-order valence-corrected chi connectivity index (χ2v) is 6.36. The van der Waals surface area contributed by atoms with Crippen LogP contribution in [-0.2, 0) is 0 Å². The zero-order valence-electron chi connectivity index (χ0n) is 12.0. The van der Waals surface area contributed by atoms with E-state index in [0.717, 1.165) is 12.8 Å². The molecule has 0 aromatic carbocycles. The number of aliphatic hydroxyl groups is 1. The molecule has 0 saturated heterocycles. The predicted octanol–water partition coefficient (Wildman–Crippen LogP) is 2.71. The van der Waals surface area contributed by atoms with E-state index >= 15 is 0 Å². The molecule has 2 saturated carbocycles. The van der Waals surface area contributed by atoms with Crippen LogP contribution in [0.15, 0.2) is 0 Å².